The molecule has 108 valence electrons. The zero-order chi connectivity index (χ0) is 14.3. The SMILES string of the molecule is O=C(O)C1(c2c(F)cc(F)c3c2OCC3)CCCCC1. The van der Waals surface area contributed by atoms with E-state index in [1.54, 1.807) is 0 Å². The summed E-state index contributed by atoms with van der Waals surface area (Å²) in [6.07, 6.45) is 3.53. The molecule has 5 heteroatoms. The zero-order valence-electron chi connectivity index (χ0n) is 11.0. The molecule has 0 aromatic heterocycles. The number of ether oxygens (including phenoxy) is 1. The molecule has 3 nitrogen and oxygen atoms in total. The van der Waals surface area contributed by atoms with Crippen LogP contribution in [0, 0.1) is 11.6 Å². The van der Waals surface area contributed by atoms with Gasteiger partial charge < -0.3 is 9.84 Å². The quantitative estimate of drug-likeness (QED) is 0.906. The summed E-state index contributed by atoms with van der Waals surface area (Å²) in [7, 11) is 0. The molecule has 1 fully saturated rings. The fourth-order valence-corrected chi connectivity index (χ4v) is 3.46. The van der Waals surface area contributed by atoms with E-state index in [1.165, 1.54) is 0 Å². The summed E-state index contributed by atoms with van der Waals surface area (Å²) in [6, 6.07) is 0.808. The van der Waals surface area contributed by atoms with Crippen LogP contribution in [0.2, 0.25) is 0 Å². The van der Waals surface area contributed by atoms with Crippen LogP contribution in [0.4, 0.5) is 8.78 Å². The lowest BCUT2D eigenvalue weighted by Crippen LogP contribution is -2.39. The van der Waals surface area contributed by atoms with Gasteiger partial charge in [0.15, 0.2) is 0 Å². The van der Waals surface area contributed by atoms with Gasteiger partial charge in [-0.25, -0.2) is 8.78 Å². The Balaban J connectivity index is 2.22. The van der Waals surface area contributed by atoms with E-state index in [0.717, 1.165) is 25.3 Å². The molecule has 2 aliphatic rings. The van der Waals surface area contributed by atoms with E-state index >= 15 is 0 Å². The Bertz CT molecular complexity index is 563. The van der Waals surface area contributed by atoms with Gasteiger partial charge in [0.1, 0.15) is 17.4 Å². The molecule has 1 aliphatic heterocycles. The smallest absolute Gasteiger partial charge is 0.314 e. The number of fused-ring (bicyclic) bond motifs is 1. The maximum atomic E-state index is 14.3. The van der Waals surface area contributed by atoms with Crippen molar-refractivity contribution in [2.75, 3.05) is 6.61 Å². The van der Waals surface area contributed by atoms with Crippen molar-refractivity contribution in [2.45, 2.75) is 43.9 Å². The molecule has 1 saturated carbocycles. The largest absolute Gasteiger partial charge is 0.492 e. The molecule has 1 N–H and O–H groups in total. The minimum atomic E-state index is -1.27. The Morgan fingerprint density at radius 2 is 1.90 bits per heavy atom. The van der Waals surface area contributed by atoms with E-state index in [2.05, 4.69) is 0 Å². The second kappa shape index (κ2) is 4.72. The standard InChI is InChI=1S/C15H16F2O3/c16-10-8-11(17)12(13-9(10)4-7-20-13)15(14(18)19)5-2-1-3-6-15/h8H,1-7H2,(H,18,19). The monoisotopic (exact) mass is 282 g/mol. The number of hydrogen-bond donors (Lipinski definition) is 1. The maximum Gasteiger partial charge on any atom is 0.314 e. The van der Waals surface area contributed by atoms with Crippen molar-refractivity contribution in [3.8, 4) is 5.75 Å². The third-order valence-corrected chi connectivity index (χ3v) is 4.48. The first-order valence-corrected chi connectivity index (χ1v) is 6.94. The van der Waals surface area contributed by atoms with Crippen LogP contribution in [-0.4, -0.2) is 17.7 Å². The van der Waals surface area contributed by atoms with Crippen LogP contribution in [0.3, 0.4) is 0 Å². The molecule has 0 bridgehead atoms. The predicted octanol–water partition coefficient (Wildman–Crippen LogP) is 3.19. The molecule has 0 amide bonds. The number of carbonyl (C=O) groups is 1. The van der Waals surface area contributed by atoms with Crippen molar-refractivity contribution in [2.24, 2.45) is 0 Å². The third kappa shape index (κ3) is 1.79. The van der Waals surface area contributed by atoms with Crippen molar-refractivity contribution in [3.05, 3.63) is 28.8 Å². The van der Waals surface area contributed by atoms with Crippen LogP contribution in [0.15, 0.2) is 6.07 Å². The average molecular weight is 282 g/mol. The molecule has 0 atom stereocenters. The first-order chi connectivity index (χ1) is 9.56. The summed E-state index contributed by atoms with van der Waals surface area (Å²) in [5, 5.41) is 9.65. The van der Waals surface area contributed by atoms with Crippen LogP contribution in [0.5, 0.6) is 5.75 Å². The van der Waals surface area contributed by atoms with Gasteiger partial charge >= 0.3 is 5.97 Å². The number of carboxylic acids is 1. The number of aliphatic carboxylic acids is 1. The Hall–Kier alpha value is -1.65. The molecule has 1 aromatic rings. The van der Waals surface area contributed by atoms with Crippen LogP contribution in [-0.2, 0) is 16.6 Å². The Labute approximate surface area is 115 Å². The van der Waals surface area contributed by atoms with Crippen molar-refractivity contribution < 1.29 is 23.4 Å². The summed E-state index contributed by atoms with van der Waals surface area (Å²) in [5.74, 6) is -2.35. The number of rotatable bonds is 2. The molecule has 1 aromatic carbocycles. The fraction of sp³-hybridized carbons (Fsp3) is 0.533. The van der Waals surface area contributed by atoms with Gasteiger partial charge in [0.25, 0.3) is 0 Å². The molecule has 20 heavy (non-hydrogen) atoms. The molecule has 1 heterocycles. The minimum Gasteiger partial charge on any atom is -0.492 e. The van der Waals surface area contributed by atoms with Crippen molar-refractivity contribution in [3.63, 3.8) is 0 Å². The highest BCUT2D eigenvalue weighted by Gasteiger charge is 2.47. The van der Waals surface area contributed by atoms with Gasteiger partial charge in [-0.2, -0.15) is 0 Å². The number of benzene rings is 1. The second-order valence-corrected chi connectivity index (χ2v) is 5.57. The minimum absolute atomic E-state index is 0.0543. The van der Waals surface area contributed by atoms with Crippen LogP contribution < -0.4 is 4.74 Å². The summed E-state index contributed by atoms with van der Waals surface area (Å²) in [6.45, 7) is 0.276. The Kier molecular flexibility index (Phi) is 3.15. The molecular weight excluding hydrogens is 266 g/mol. The van der Waals surface area contributed by atoms with Crippen molar-refractivity contribution in [1.29, 1.82) is 0 Å². The third-order valence-electron chi connectivity index (χ3n) is 4.48. The molecule has 0 spiro atoms. The lowest BCUT2D eigenvalue weighted by molar-refractivity contribution is -0.145. The van der Waals surface area contributed by atoms with Gasteiger partial charge in [-0.3, -0.25) is 4.79 Å². The normalized spacial score (nSPS) is 20.3. The molecular formula is C15H16F2O3. The van der Waals surface area contributed by atoms with E-state index in [-0.39, 0.29) is 17.9 Å². The van der Waals surface area contributed by atoms with Crippen molar-refractivity contribution in [1.82, 2.24) is 0 Å². The lowest BCUT2D eigenvalue weighted by atomic mass is 9.68. The first kappa shape index (κ1) is 13.3. The number of hydrogen-bond acceptors (Lipinski definition) is 2. The van der Waals surface area contributed by atoms with Crippen LogP contribution in [0.1, 0.15) is 43.2 Å². The van der Waals surface area contributed by atoms with Gasteiger partial charge in [0.2, 0.25) is 0 Å². The molecule has 0 unspecified atom stereocenters. The summed E-state index contributed by atoms with van der Waals surface area (Å²) < 4.78 is 33.4. The van der Waals surface area contributed by atoms with Crippen molar-refractivity contribution >= 4 is 5.97 Å². The highest BCUT2D eigenvalue weighted by molar-refractivity contribution is 5.83. The first-order valence-electron chi connectivity index (χ1n) is 6.94. The van der Waals surface area contributed by atoms with Gasteiger partial charge in [0, 0.05) is 23.6 Å². The molecule has 0 radical (unpaired) electrons. The Morgan fingerprint density at radius 3 is 2.55 bits per heavy atom. The predicted molar refractivity (Wildman–Crippen MR) is 68.0 cm³/mol. The number of carboxylic acid groups (broad SMARTS) is 1. The fourth-order valence-electron chi connectivity index (χ4n) is 3.46. The van der Waals surface area contributed by atoms with Crippen LogP contribution >= 0.6 is 0 Å². The van der Waals surface area contributed by atoms with E-state index in [0.29, 0.717) is 24.8 Å². The van der Waals surface area contributed by atoms with Gasteiger partial charge in [-0.1, -0.05) is 19.3 Å². The second-order valence-electron chi connectivity index (χ2n) is 5.57. The highest BCUT2D eigenvalue weighted by Crippen LogP contribution is 2.47. The Morgan fingerprint density at radius 1 is 1.20 bits per heavy atom. The highest BCUT2D eigenvalue weighted by atomic mass is 19.1. The molecule has 1 aliphatic carbocycles. The van der Waals surface area contributed by atoms with Gasteiger partial charge in [-0.05, 0) is 12.8 Å². The summed E-state index contributed by atoms with van der Waals surface area (Å²) in [5.41, 5.74) is -0.907. The summed E-state index contributed by atoms with van der Waals surface area (Å²) >= 11 is 0. The van der Waals surface area contributed by atoms with Crippen LogP contribution in [0.25, 0.3) is 0 Å². The van der Waals surface area contributed by atoms with Gasteiger partial charge in [0.05, 0.1) is 12.0 Å². The summed E-state index contributed by atoms with van der Waals surface area (Å²) in [4.78, 5) is 11.8. The molecule has 0 saturated heterocycles. The number of halogens is 2. The van der Waals surface area contributed by atoms with E-state index < -0.39 is 23.0 Å². The van der Waals surface area contributed by atoms with E-state index in [4.69, 9.17) is 4.74 Å². The zero-order valence-corrected chi connectivity index (χ0v) is 11.0. The van der Waals surface area contributed by atoms with E-state index in [9.17, 15) is 18.7 Å². The molecule has 3 rings (SSSR count). The maximum absolute atomic E-state index is 14.3. The topological polar surface area (TPSA) is 46.5 Å². The van der Waals surface area contributed by atoms with E-state index in [1.807, 2.05) is 0 Å². The van der Waals surface area contributed by atoms with Gasteiger partial charge in [-0.15, -0.1) is 0 Å². The lowest BCUT2D eigenvalue weighted by Gasteiger charge is -2.34. The average Bonchev–Trinajstić information content (AvgIpc) is 2.89.